The Balaban J connectivity index is 2.39. The zero-order chi connectivity index (χ0) is 13.2. The standard InChI is InChI=1S/C14H12F3N/c1-10-6-2-4-8-12(10)18-13-9-5-3-7-11(13)14(15,16)17/h2-9,18H,1H3. The third-order valence-corrected chi connectivity index (χ3v) is 2.65. The van der Waals surface area contributed by atoms with E-state index in [1.54, 1.807) is 18.2 Å². The highest BCUT2D eigenvalue weighted by Crippen LogP contribution is 2.36. The van der Waals surface area contributed by atoms with Crippen molar-refractivity contribution in [3.63, 3.8) is 0 Å². The molecule has 0 aromatic heterocycles. The second kappa shape index (κ2) is 4.72. The number of halogens is 3. The van der Waals surface area contributed by atoms with Crippen molar-refractivity contribution < 1.29 is 13.2 Å². The molecule has 4 heteroatoms. The fourth-order valence-corrected chi connectivity index (χ4v) is 1.70. The van der Waals surface area contributed by atoms with E-state index in [2.05, 4.69) is 5.32 Å². The molecule has 2 aromatic carbocycles. The Morgan fingerprint density at radius 1 is 0.833 bits per heavy atom. The van der Waals surface area contributed by atoms with E-state index in [9.17, 15) is 13.2 Å². The molecular weight excluding hydrogens is 239 g/mol. The summed E-state index contributed by atoms with van der Waals surface area (Å²) < 4.78 is 38.4. The van der Waals surface area contributed by atoms with Gasteiger partial charge < -0.3 is 5.32 Å². The van der Waals surface area contributed by atoms with Gasteiger partial charge in [0.2, 0.25) is 0 Å². The topological polar surface area (TPSA) is 12.0 Å². The molecule has 2 rings (SSSR count). The van der Waals surface area contributed by atoms with Crippen molar-refractivity contribution in [3.8, 4) is 0 Å². The molecular formula is C14H12F3N. The molecule has 0 heterocycles. The third-order valence-electron chi connectivity index (χ3n) is 2.65. The summed E-state index contributed by atoms with van der Waals surface area (Å²) in [4.78, 5) is 0. The van der Waals surface area contributed by atoms with Crippen LogP contribution in [0.2, 0.25) is 0 Å². The van der Waals surface area contributed by atoms with Crippen LogP contribution in [0.15, 0.2) is 48.5 Å². The average Bonchev–Trinajstić information content (AvgIpc) is 2.31. The SMILES string of the molecule is Cc1ccccc1Nc1ccccc1C(F)(F)F. The number of aryl methyl sites for hydroxylation is 1. The fourth-order valence-electron chi connectivity index (χ4n) is 1.70. The van der Waals surface area contributed by atoms with E-state index in [0.29, 0.717) is 5.69 Å². The summed E-state index contributed by atoms with van der Waals surface area (Å²) in [6.45, 7) is 1.85. The average molecular weight is 251 g/mol. The highest BCUT2D eigenvalue weighted by Gasteiger charge is 2.33. The molecule has 0 bridgehead atoms. The Morgan fingerprint density at radius 2 is 1.39 bits per heavy atom. The molecule has 94 valence electrons. The monoisotopic (exact) mass is 251 g/mol. The lowest BCUT2D eigenvalue weighted by Crippen LogP contribution is -2.08. The van der Waals surface area contributed by atoms with Crippen LogP contribution in [0.5, 0.6) is 0 Å². The molecule has 0 aliphatic rings. The summed E-state index contributed by atoms with van der Waals surface area (Å²) in [6, 6.07) is 12.7. The van der Waals surface area contributed by atoms with Crippen molar-refractivity contribution in [2.75, 3.05) is 5.32 Å². The first-order valence-electron chi connectivity index (χ1n) is 5.47. The minimum Gasteiger partial charge on any atom is -0.355 e. The summed E-state index contributed by atoms with van der Waals surface area (Å²) in [6.07, 6.45) is -4.35. The smallest absolute Gasteiger partial charge is 0.355 e. The van der Waals surface area contributed by atoms with Crippen molar-refractivity contribution in [1.82, 2.24) is 0 Å². The Morgan fingerprint density at radius 3 is 2.00 bits per heavy atom. The molecule has 18 heavy (non-hydrogen) atoms. The molecule has 2 aromatic rings. The zero-order valence-corrected chi connectivity index (χ0v) is 9.75. The molecule has 0 atom stereocenters. The quantitative estimate of drug-likeness (QED) is 0.811. The number of nitrogens with one attached hydrogen (secondary N) is 1. The van der Waals surface area contributed by atoms with Gasteiger partial charge in [-0.3, -0.25) is 0 Å². The molecule has 0 saturated heterocycles. The predicted octanol–water partition coefficient (Wildman–Crippen LogP) is 4.76. The highest BCUT2D eigenvalue weighted by molar-refractivity contribution is 5.66. The van der Waals surface area contributed by atoms with Crippen LogP contribution in [0.1, 0.15) is 11.1 Å². The maximum Gasteiger partial charge on any atom is 0.418 e. The first kappa shape index (κ1) is 12.5. The van der Waals surface area contributed by atoms with E-state index in [1.165, 1.54) is 12.1 Å². The second-order valence-electron chi connectivity index (χ2n) is 3.98. The number of hydrogen-bond acceptors (Lipinski definition) is 1. The highest BCUT2D eigenvalue weighted by atomic mass is 19.4. The van der Waals surface area contributed by atoms with E-state index in [4.69, 9.17) is 0 Å². The first-order chi connectivity index (χ1) is 8.48. The molecule has 0 aliphatic heterocycles. The number of hydrogen-bond donors (Lipinski definition) is 1. The van der Waals surface area contributed by atoms with Crippen molar-refractivity contribution in [1.29, 1.82) is 0 Å². The molecule has 0 radical (unpaired) electrons. The van der Waals surface area contributed by atoms with Crippen LogP contribution >= 0.6 is 0 Å². The zero-order valence-electron chi connectivity index (χ0n) is 9.75. The minimum absolute atomic E-state index is 0.0688. The number of alkyl halides is 3. The summed E-state index contributed by atoms with van der Waals surface area (Å²) in [5.41, 5.74) is 0.983. The molecule has 1 N–H and O–H groups in total. The molecule has 1 nitrogen and oxygen atoms in total. The van der Waals surface area contributed by atoms with Crippen LogP contribution in [0.3, 0.4) is 0 Å². The van der Waals surface area contributed by atoms with E-state index >= 15 is 0 Å². The predicted molar refractivity (Wildman–Crippen MR) is 65.9 cm³/mol. The van der Waals surface area contributed by atoms with Gasteiger partial charge in [0.15, 0.2) is 0 Å². The largest absolute Gasteiger partial charge is 0.418 e. The van der Waals surface area contributed by atoms with Gasteiger partial charge >= 0.3 is 6.18 Å². The molecule has 0 saturated carbocycles. The normalized spacial score (nSPS) is 11.3. The lowest BCUT2D eigenvalue weighted by atomic mass is 10.1. The molecule has 0 fully saturated rings. The van der Waals surface area contributed by atoms with Gasteiger partial charge in [-0.15, -0.1) is 0 Å². The Bertz CT molecular complexity index is 547. The molecule has 0 aliphatic carbocycles. The summed E-state index contributed by atoms with van der Waals surface area (Å²) in [5.74, 6) is 0. The summed E-state index contributed by atoms with van der Waals surface area (Å²) in [7, 11) is 0. The van der Waals surface area contributed by atoms with Gasteiger partial charge in [-0.1, -0.05) is 30.3 Å². The van der Waals surface area contributed by atoms with Crippen LogP contribution in [0, 0.1) is 6.92 Å². The number of rotatable bonds is 2. The van der Waals surface area contributed by atoms with Crippen molar-refractivity contribution >= 4 is 11.4 Å². The van der Waals surface area contributed by atoms with Crippen molar-refractivity contribution in [2.24, 2.45) is 0 Å². The Labute approximate surface area is 103 Å². The van der Waals surface area contributed by atoms with E-state index < -0.39 is 11.7 Å². The van der Waals surface area contributed by atoms with E-state index in [1.807, 2.05) is 19.1 Å². The van der Waals surface area contributed by atoms with Crippen molar-refractivity contribution in [2.45, 2.75) is 13.1 Å². The van der Waals surface area contributed by atoms with Crippen LogP contribution in [-0.2, 0) is 6.18 Å². The van der Waals surface area contributed by atoms with E-state index in [-0.39, 0.29) is 5.69 Å². The fraction of sp³-hybridized carbons (Fsp3) is 0.143. The summed E-state index contributed by atoms with van der Waals surface area (Å²) >= 11 is 0. The Kier molecular flexibility index (Phi) is 3.28. The maximum absolute atomic E-state index is 12.8. The maximum atomic E-state index is 12.8. The van der Waals surface area contributed by atoms with Gasteiger partial charge in [-0.2, -0.15) is 13.2 Å². The van der Waals surface area contributed by atoms with Gasteiger partial charge in [0, 0.05) is 5.69 Å². The van der Waals surface area contributed by atoms with Crippen LogP contribution in [-0.4, -0.2) is 0 Å². The minimum atomic E-state index is -4.35. The van der Waals surface area contributed by atoms with Crippen LogP contribution < -0.4 is 5.32 Å². The van der Waals surface area contributed by atoms with Gasteiger partial charge in [0.05, 0.1) is 11.3 Å². The Hall–Kier alpha value is -1.97. The lowest BCUT2D eigenvalue weighted by molar-refractivity contribution is -0.136. The van der Waals surface area contributed by atoms with Gasteiger partial charge in [0.25, 0.3) is 0 Å². The van der Waals surface area contributed by atoms with E-state index in [0.717, 1.165) is 11.6 Å². The number of anilines is 2. The first-order valence-corrected chi connectivity index (χ1v) is 5.47. The van der Waals surface area contributed by atoms with Crippen LogP contribution in [0.4, 0.5) is 24.5 Å². The van der Waals surface area contributed by atoms with Gasteiger partial charge in [-0.05, 0) is 30.7 Å². The van der Waals surface area contributed by atoms with Gasteiger partial charge in [0.1, 0.15) is 0 Å². The third kappa shape index (κ3) is 2.64. The van der Waals surface area contributed by atoms with Crippen molar-refractivity contribution in [3.05, 3.63) is 59.7 Å². The van der Waals surface area contributed by atoms with Gasteiger partial charge in [-0.25, -0.2) is 0 Å². The molecule has 0 amide bonds. The number of para-hydroxylation sites is 2. The number of benzene rings is 2. The summed E-state index contributed by atoms with van der Waals surface area (Å²) in [5, 5.41) is 2.83. The lowest BCUT2D eigenvalue weighted by Gasteiger charge is -2.15. The molecule has 0 unspecified atom stereocenters. The van der Waals surface area contributed by atoms with Crippen LogP contribution in [0.25, 0.3) is 0 Å². The molecule has 0 spiro atoms. The second-order valence-corrected chi connectivity index (χ2v) is 3.98.